The first kappa shape index (κ1) is 35.9. The topological polar surface area (TPSA) is 176 Å². The van der Waals surface area contributed by atoms with Crippen LogP contribution >= 0.6 is 8.25 Å². The van der Waals surface area contributed by atoms with Gasteiger partial charge in [0.2, 0.25) is 11.9 Å². The third-order valence-electron chi connectivity index (χ3n) is 8.61. The van der Waals surface area contributed by atoms with Crippen molar-refractivity contribution in [3.63, 3.8) is 0 Å². The number of anilines is 1. The minimum absolute atomic E-state index is 0.0714. The van der Waals surface area contributed by atoms with E-state index < -0.39 is 55.8 Å². The highest BCUT2D eigenvalue weighted by atomic mass is 31.1. The molecule has 0 spiro atoms. The second-order valence-corrected chi connectivity index (χ2v) is 12.8. The number of carbonyl (C=O) groups is 1. The summed E-state index contributed by atoms with van der Waals surface area (Å²) in [5.74, 6) is 0.251. The lowest BCUT2D eigenvalue weighted by Crippen LogP contribution is -2.38. The number of ether oxygens (including phenoxy) is 4. The van der Waals surface area contributed by atoms with E-state index in [0.29, 0.717) is 22.6 Å². The van der Waals surface area contributed by atoms with E-state index in [9.17, 15) is 19.0 Å². The number of fused-ring (bicyclic) bond motifs is 1. The molecule has 3 N–H and O–H groups in total. The molecule has 1 aliphatic rings. The van der Waals surface area contributed by atoms with Crippen LogP contribution in [-0.4, -0.2) is 69.5 Å². The smallest absolute Gasteiger partial charge is 0.317 e. The molecule has 268 valence electrons. The Morgan fingerprint density at radius 1 is 1.02 bits per heavy atom. The van der Waals surface area contributed by atoms with Crippen LogP contribution in [0.5, 0.6) is 11.5 Å². The van der Waals surface area contributed by atoms with Gasteiger partial charge in [-0.3, -0.25) is 33.5 Å². The lowest BCUT2D eigenvalue weighted by molar-refractivity contribution is -0.118. The maximum atomic E-state index is 16.5. The standard InChI is InChI=1S/C35H37FN5O9P/c1-20(2)31(42)39-34-38-30-28(32(43)40-34)37-19-41(30)33-29(50-51(44)45)27(36)26(49-33)18-48-35(21-8-6-5-7-9-21,22-10-14-24(46-3)15-11-22)23-12-16-25(47-4)17-13-23/h5-17,19-20,26-27,29,33,51H,18H2,1-4H3,(H,44,45)(H2,38,39,40,42,43)/t26-,27+,29-,33-/m1/s1. The van der Waals surface area contributed by atoms with Crippen molar-refractivity contribution in [3.8, 4) is 11.5 Å². The Labute approximate surface area is 292 Å². The molecular formula is C35H37FN5O9P. The number of aromatic nitrogens is 4. The molecule has 5 atom stereocenters. The highest BCUT2D eigenvalue weighted by molar-refractivity contribution is 7.32. The van der Waals surface area contributed by atoms with Crippen molar-refractivity contribution in [1.29, 1.82) is 0 Å². The van der Waals surface area contributed by atoms with E-state index in [2.05, 4.69) is 20.3 Å². The zero-order valence-electron chi connectivity index (χ0n) is 28.1. The van der Waals surface area contributed by atoms with Crippen molar-refractivity contribution in [3.05, 3.63) is 112 Å². The van der Waals surface area contributed by atoms with E-state index in [-0.39, 0.29) is 23.7 Å². The van der Waals surface area contributed by atoms with E-state index in [1.54, 1.807) is 52.3 Å². The fraction of sp³-hybridized carbons (Fsp3) is 0.314. The van der Waals surface area contributed by atoms with Gasteiger partial charge in [0.05, 0.1) is 27.2 Å². The number of hydrogen-bond donors (Lipinski definition) is 3. The van der Waals surface area contributed by atoms with Gasteiger partial charge in [0, 0.05) is 5.92 Å². The summed E-state index contributed by atoms with van der Waals surface area (Å²) >= 11 is 0. The average molecular weight is 722 g/mol. The normalized spacial score (nSPS) is 19.7. The number of aromatic amines is 1. The highest BCUT2D eigenvalue weighted by Crippen LogP contribution is 2.44. The van der Waals surface area contributed by atoms with Crippen molar-refractivity contribution in [1.82, 2.24) is 19.5 Å². The Bertz CT molecular complexity index is 2010. The predicted molar refractivity (Wildman–Crippen MR) is 185 cm³/mol. The van der Waals surface area contributed by atoms with Crippen molar-refractivity contribution in [2.45, 2.75) is 44.1 Å². The Kier molecular flexibility index (Phi) is 10.6. The Morgan fingerprint density at radius 2 is 1.61 bits per heavy atom. The van der Waals surface area contributed by atoms with Crippen LogP contribution in [0.25, 0.3) is 11.2 Å². The van der Waals surface area contributed by atoms with E-state index >= 15 is 4.39 Å². The number of amides is 1. The third kappa shape index (κ3) is 7.16. The molecule has 1 aliphatic heterocycles. The molecule has 5 aromatic rings. The van der Waals surface area contributed by atoms with Crippen molar-refractivity contribution in [2.24, 2.45) is 5.92 Å². The molecular weight excluding hydrogens is 684 g/mol. The number of halogens is 1. The molecule has 14 nitrogen and oxygen atoms in total. The summed E-state index contributed by atoms with van der Waals surface area (Å²) in [5, 5.41) is 2.53. The van der Waals surface area contributed by atoms with Crippen LogP contribution < -0.4 is 20.3 Å². The fourth-order valence-electron chi connectivity index (χ4n) is 6.01. The van der Waals surface area contributed by atoms with Gasteiger partial charge >= 0.3 is 8.25 Å². The van der Waals surface area contributed by atoms with Crippen LogP contribution in [0.2, 0.25) is 0 Å². The van der Waals surface area contributed by atoms with Crippen LogP contribution in [0, 0.1) is 5.92 Å². The van der Waals surface area contributed by atoms with Gasteiger partial charge in [0.15, 0.2) is 23.6 Å². The van der Waals surface area contributed by atoms with Gasteiger partial charge in [-0.15, -0.1) is 0 Å². The average Bonchev–Trinajstić information content (AvgIpc) is 3.69. The molecule has 3 aromatic carbocycles. The molecule has 6 rings (SSSR count). The maximum absolute atomic E-state index is 16.5. The van der Waals surface area contributed by atoms with Gasteiger partial charge in [-0.25, -0.2) is 9.37 Å². The molecule has 1 unspecified atom stereocenters. The second kappa shape index (κ2) is 15.1. The molecule has 2 aromatic heterocycles. The van der Waals surface area contributed by atoms with E-state index in [4.69, 9.17) is 23.5 Å². The second-order valence-electron chi connectivity index (χ2n) is 12.1. The molecule has 0 bridgehead atoms. The van der Waals surface area contributed by atoms with Crippen LogP contribution in [0.3, 0.4) is 0 Å². The zero-order valence-corrected chi connectivity index (χ0v) is 29.1. The number of nitrogens with zero attached hydrogens (tertiary/aromatic N) is 3. The van der Waals surface area contributed by atoms with Gasteiger partial charge in [0.25, 0.3) is 5.56 Å². The van der Waals surface area contributed by atoms with Crippen LogP contribution in [0.1, 0.15) is 36.8 Å². The van der Waals surface area contributed by atoms with Gasteiger partial charge in [-0.05, 0) is 41.0 Å². The molecule has 0 aliphatic carbocycles. The Morgan fingerprint density at radius 3 is 2.16 bits per heavy atom. The summed E-state index contributed by atoms with van der Waals surface area (Å²) in [6, 6.07) is 23.9. The maximum Gasteiger partial charge on any atom is 0.317 e. The quantitative estimate of drug-likeness (QED) is 0.113. The minimum atomic E-state index is -3.69. The summed E-state index contributed by atoms with van der Waals surface area (Å²) in [5.41, 5.74) is -0.0878. The van der Waals surface area contributed by atoms with Crippen molar-refractivity contribution >= 4 is 31.3 Å². The lowest BCUT2D eigenvalue weighted by Gasteiger charge is -2.37. The molecule has 0 saturated carbocycles. The zero-order chi connectivity index (χ0) is 36.3. The SMILES string of the molecule is COc1ccc(C(OC[C@H]2O[C@@H](n3cnc4c(=O)[nH]c(NC(=O)C(C)C)nc43)[C@H](O[PH](=O)O)[C@H]2F)(c2ccccc2)c2ccc(OC)cc2)cc1. The largest absolute Gasteiger partial charge is 0.497 e. The summed E-state index contributed by atoms with van der Waals surface area (Å²) < 4.78 is 58.8. The number of rotatable bonds is 13. The Balaban J connectivity index is 1.40. The number of benzene rings is 3. The number of carbonyl (C=O) groups excluding carboxylic acids is 1. The van der Waals surface area contributed by atoms with Gasteiger partial charge in [0.1, 0.15) is 29.3 Å². The third-order valence-corrected chi connectivity index (χ3v) is 9.08. The molecule has 51 heavy (non-hydrogen) atoms. The number of nitrogens with one attached hydrogen (secondary N) is 2. The van der Waals surface area contributed by atoms with Crippen LogP contribution in [-0.2, 0) is 29.0 Å². The summed E-state index contributed by atoms with van der Waals surface area (Å²) in [6.45, 7) is 2.97. The molecule has 1 saturated heterocycles. The predicted octanol–water partition coefficient (Wildman–Crippen LogP) is 4.74. The Hall–Kier alpha value is -4.92. The number of imidazole rings is 1. The van der Waals surface area contributed by atoms with Crippen molar-refractivity contribution in [2.75, 3.05) is 26.1 Å². The van der Waals surface area contributed by atoms with Crippen LogP contribution in [0.4, 0.5) is 10.3 Å². The molecule has 1 fully saturated rings. The molecule has 16 heteroatoms. The van der Waals surface area contributed by atoms with E-state index in [0.717, 1.165) is 5.56 Å². The number of methoxy groups -OCH3 is 2. The van der Waals surface area contributed by atoms with Gasteiger partial charge in [-0.2, -0.15) is 4.98 Å². The van der Waals surface area contributed by atoms with Gasteiger partial charge < -0.3 is 23.8 Å². The number of H-pyrrole nitrogens is 1. The first-order valence-electron chi connectivity index (χ1n) is 16.0. The monoisotopic (exact) mass is 721 g/mol. The van der Waals surface area contributed by atoms with E-state index in [1.165, 1.54) is 10.9 Å². The highest BCUT2D eigenvalue weighted by Gasteiger charge is 2.50. The first-order chi connectivity index (χ1) is 24.5. The van der Waals surface area contributed by atoms with Gasteiger partial charge in [-0.1, -0.05) is 68.4 Å². The molecule has 0 radical (unpaired) electrons. The first-order valence-corrected chi connectivity index (χ1v) is 17.3. The molecule has 3 heterocycles. The summed E-state index contributed by atoms with van der Waals surface area (Å²) in [6.07, 6.45) is -5.18. The fourth-order valence-corrected chi connectivity index (χ4v) is 6.49. The molecule has 1 amide bonds. The number of hydrogen-bond acceptors (Lipinski definition) is 10. The lowest BCUT2D eigenvalue weighted by atomic mass is 9.80. The minimum Gasteiger partial charge on any atom is -0.497 e. The van der Waals surface area contributed by atoms with Crippen molar-refractivity contribution < 1.29 is 42.1 Å². The van der Waals surface area contributed by atoms with E-state index in [1.807, 2.05) is 54.6 Å². The number of alkyl halides is 1. The van der Waals surface area contributed by atoms with Crippen LogP contribution in [0.15, 0.2) is 90.0 Å². The summed E-state index contributed by atoms with van der Waals surface area (Å²) in [7, 11) is -0.564. The summed E-state index contributed by atoms with van der Waals surface area (Å²) in [4.78, 5) is 45.9.